The van der Waals surface area contributed by atoms with Crippen LogP contribution in [-0.2, 0) is 10.0 Å². The Morgan fingerprint density at radius 2 is 1.93 bits per heavy atom. The lowest BCUT2D eigenvalue weighted by Gasteiger charge is -2.28. The molecule has 3 rings (SSSR count). The molecule has 1 aliphatic heterocycles. The number of nitrogens with one attached hydrogen (secondary N) is 1. The van der Waals surface area contributed by atoms with Gasteiger partial charge in [0.15, 0.2) is 0 Å². The summed E-state index contributed by atoms with van der Waals surface area (Å²) in [5.74, 6) is 0.642. The highest BCUT2D eigenvalue weighted by Gasteiger charge is 2.26. The van der Waals surface area contributed by atoms with Gasteiger partial charge in [-0.2, -0.15) is 0 Å². The summed E-state index contributed by atoms with van der Waals surface area (Å²) in [4.78, 5) is 12.5. The number of hydrogen-bond acceptors (Lipinski definition) is 4. The molecule has 144 valence electrons. The maximum Gasteiger partial charge on any atom is 0.251 e. The number of rotatable bonds is 6. The number of anilines is 1. The first-order chi connectivity index (χ1) is 13.0. The Labute approximate surface area is 160 Å². The molecule has 0 aliphatic carbocycles. The van der Waals surface area contributed by atoms with Crippen LogP contribution < -0.4 is 14.4 Å². The fourth-order valence-electron chi connectivity index (χ4n) is 2.97. The molecular formula is C20H24N2O4S. The molecule has 0 spiro atoms. The van der Waals surface area contributed by atoms with Gasteiger partial charge >= 0.3 is 0 Å². The van der Waals surface area contributed by atoms with E-state index in [-0.39, 0.29) is 17.7 Å². The van der Waals surface area contributed by atoms with E-state index in [4.69, 9.17) is 4.74 Å². The molecule has 1 heterocycles. The summed E-state index contributed by atoms with van der Waals surface area (Å²) < 4.78 is 31.6. The molecule has 0 aromatic heterocycles. The van der Waals surface area contributed by atoms with Crippen LogP contribution in [-0.4, -0.2) is 39.3 Å². The van der Waals surface area contributed by atoms with E-state index >= 15 is 0 Å². The molecule has 1 amide bonds. The second kappa shape index (κ2) is 8.43. The fourth-order valence-corrected chi connectivity index (χ4v) is 4.60. The Bertz CT molecular complexity index is 884. The lowest BCUT2D eigenvalue weighted by molar-refractivity contribution is 0.0926. The van der Waals surface area contributed by atoms with Crippen molar-refractivity contribution < 1.29 is 17.9 Å². The minimum atomic E-state index is -3.30. The van der Waals surface area contributed by atoms with Gasteiger partial charge in [0.1, 0.15) is 12.4 Å². The highest BCUT2D eigenvalue weighted by Crippen LogP contribution is 2.24. The predicted molar refractivity (Wildman–Crippen MR) is 106 cm³/mol. The van der Waals surface area contributed by atoms with Crippen molar-refractivity contribution in [2.75, 3.05) is 23.2 Å². The third kappa shape index (κ3) is 5.01. The molecule has 2 aromatic carbocycles. The van der Waals surface area contributed by atoms with Crippen LogP contribution in [0, 0.1) is 0 Å². The molecule has 0 radical (unpaired) electrons. The van der Waals surface area contributed by atoms with Crippen molar-refractivity contribution in [3.05, 3.63) is 60.2 Å². The van der Waals surface area contributed by atoms with Crippen LogP contribution in [0.25, 0.3) is 0 Å². The molecule has 27 heavy (non-hydrogen) atoms. The van der Waals surface area contributed by atoms with Crippen LogP contribution in [0.3, 0.4) is 0 Å². The molecule has 1 saturated heterocycles. The second-order valence-corrected chi connectivity index (χ2v) is 8.66. The molecule has 0 saturated carbocycles. The normalized spacial score (nSPS) is 17.1. The number of hydrogen-bond donors (Lipinski definition) is 1. The van der Waals surface area contributed by atoms with Crippen LogP contribution in [0.4, 0.5) is 5.69 Å². The molecule has 1 aliphatic rings. The molecule has 6 nitrogen and oxygen atoms in total. The Hall–Kier alpha value is -2.54. The highest BCUT2D eigenvalue weighted by atomic mass is 32.2. The standard InChI is InChI=1S/C20H24N2O4S/c1-16(15-26-19-10-3-2-4-11-19)21-20(23)17-8-7-9-18(14-17)22-12-5-6-13-27(22,24)25/h2-4,7-11,14,16H,5-6,12-13,15H2,1H3,(H,21,23). The Kier molecular flexibility index (Phi) is 6.01. The SMILES string of the molecule is CC(COc1ccccc1)NC(=O)c1cccc(N2CCCCS2(=O)=O)c1. The lowest BCUT2D eigenvalue weighted by Crippen LogP contribution is -2.38. The zero-order chi connectivity index (χ0) is 19.3. The fraction of sp³-hybridized carbons (Fsp3) is 0.350. The zero-order valence-corrected chi connectivity index (χ0v) is 16.1. The van der Waals surface area contributed by atoms with Crippen LogP contribution >= 0.6 is 0 Å². The van der Waals surface area contributed by atoms with Crippen molar-refractivity contribution in [2.24, 2.45) is 0 Å². The van der Waals surface area contributed by atoms with Gasteiger partial charge in [-0.25, -0.2) is 8.42 Å². The minimum Gasteiger partial charge on any atom is -0.491 e. The summed E-state index contributed by atoms with van der Waals surface area (Å²) in [6.07, 6.45) is 1.50. The van der Waals surface area contributed by atoms with E-state index in [9.17, 15) is 13.2 Å². The van der Waals surface area contributed by atoms with Gasteiger partial charge in [0.25, 0.3) is 5.91 Å². The van der Waals surface area contributed by atoms with Crippen LogP contribution in [0.1, 0.15) is 30.1 Å². The van der Waals surface area contributed by atoms with Gasteiger partial charge in [-0.15, -0.1) is 0 Å². The summed E-state index contributed by atoms with van der Waals surface area (Å²) in [7, 11) is -3.30. The van der Waals surface area contributed by atoms with E-state index in [1.165, 1.54) is 4.31 Å². The van der Waals surface area contributed by atoms with Crippen LogP contribution in [0.5, 0.6) is 5.75 Å². The van der Waals surface area contributed by atoms with Crippen molar-refractivity contribution in [3.8, 4) is 5.75 Å². The third-order valence-corrected chi connectivity index (χ3v) is 6.24. The lowest BCUT2D eigenvalue weighted by atomic mass is 10.1. The average Bonchev–Trinajstić information content (AvgIpc) is 2.67. The molecule has 1 N–H and O–H groups in total. The Morgan fingerprint density at radius 3 is 2.67 bits per heavy atom. The van der Waals surface area contributed by atoms with Crippen molar-refractivity contribution in [1.29, 1.82) is 0 Å². The van der Waals surface area contributed by atoms with Gasteiger partial charge in [-0.05, 0) is 50.1 Å². The summed E-state index contributed by atoms with van der Waals surface area (Å²) in [6, 6.07) is 15.9. The molecule has 0 bridgehead atoms. The second-order valence-electron chi connectivity index (χ2n) is 6.64. The third-order valence-electron chi connectivity index (χ3n) is 4.37. The summed E-state index contributed by atoms with van der Waals surface area (Å²) in [6.45, 7) is 2.66. The van der Waals surface area contributed by atoms with E-state index in [1.54, 1.807) is 24.3 Å². The zero-order valence-electron chi connectivity index (χ0n) is 15.3. The first-order valence-corrected chi connectivity index (χ1v) is 10.7. The van der Waals surface area contributed by atoms with E-state index in [0.717, 1.165) is 12.2 Å². The highest BCUT2D eigenvalue weighted by molar-refractivity contribution is 7.92. The summed E-state index contributed by atoms with van der Waals surface area (Å²) >= 11 is 0. The van der Waals surface area contributed by atoms with Gasteiger partial charge in [-0.1, -0.05) is 24.3 Å². The number of benzene rings is 2. The number of para-hydroxylation sites is 1. The quantitative estimate of drug-likeness (QED) is 0.826. The van der Waals surface area contributed by atoms with E-state index < -0.39 is 10.0 Å². The van der Waals surface area contributed by atoms with Crippen molar-refractivity contribution >= 4 is 21.6 Å². The number of ether oxygens (including phenoxy) is 1. The number of amides is 1. The first kappa shape index (κ1) is 19.2. The number of nitrogens with zero attached hydrogens (tertiary/aromatic N) is 1. The Balaban J connectivity index is 1.63. The largest absolute Gasteiger partial charge is 0.491 e. The van der Waals surface area contributed by atoms with Crippen LogP contribution in [0.15, 0.2) is 54.6 Å². The molecule has 7 heteroatoms. The van der Waals surface area contributed by atoms with Gasteiger partial charge in [0.05, 0.1) is 17.5 Å². The smallest absolute Gasteiger partial charge is 0.251 e. The Morgan fingerprint density at radius 1 is 1.15 bits per heavy atom. The monoisotopic (exact) mass is 388 g/mol. The first-order valence-electron chi connectivity index (χ1n) is 9.05. The molecule has 2 aromatic rings. The van der Waals surface area contributed by atoms with Gasteiger partial charge < -0.3 is 10.1 Å². The average molecular weight is 388 g/mol. The van der Waals surface area contributed by atoms with Gasteiger partial charge in [0.2, 0.25) is 10.0 Å². The number of sulfonamides is 1. The number of carbonyl (C=O) groups excluding carboxylic acids is 1. The van der Waals surface area contributed by atoms with E-state index in [1.807, 2.05) is 37.3 Å². The molecule has 1 unspecified atom stereocenters. The number of carbonyl (C=O) groups is 1. The molecule has 1 fully saturated rings. The topological polar surface area (TPSA) is 75.7 Å². The van der Waals surface area contributed by atoms with Gasteiger partial charge in [0, 0.05) is 12.1 Å². The van der Waals surface area contributed by atoms with Crippen molar-refractivity contribution in [1.82, 2.24) is 5.32 Å². The minimum absolute atomic E-state index is 0.150. The van der Waals surface area contributed by atoms with E-state index in [2.05, 4.69) is 5.32 Å². The van der Waals surface area contributed by atoms with E-state index in [0.29, 0.717) is 30.8 Å². The summed E-state index contributed by atoms with van der Waals surface area (Å²) in [5.41, 5.74) is 0.968. The molecule has 1 atom stereocenters. The predicted octanol–water partition coefficient (Wildman–Crippen LogP) is 2.81. The maximum atomic E-state index is 12.5. The summed E-state index contributed by atoms with van der Waals surface area (Å²) in [5, 5.41) is 2.89. The van der Waals surface area contributed by atoms with Crippen molar-refractivity contribution in [3.63, 3.8) is 0 Å². The van der Waals surface area contributed by atoms with Gasteiger partial charge in [-0.3, -0.25) is 9.10 Å². The van der Waals surface area contributed by atoms with Crippen LogP contribution in [0.2, 0.25) is 0 Å². The maximum absolute atomic E-state index is 12.5. The molecular weight excluding hydrogens is 364 g/mol. The van der Waals surface area contributed by atoms with Crippen molar-refractivity contribution in [2.45, 2.75) is 25.8 Å².